The molecule has 0 saturated carbocycles. The Morgan fingerprint density at radius 1 is 1.17 bits per heavy atom. The maximum absolute atomic E-state index is 3.77. The molecule has 0 amide bonds. The van der Waals surface area contributed by atoms with E-state index in [0.717, 1.165) is 0 Å². The first-order valence-corrected chi connectivity index (χ1v) is 1.85. The summed E-state index contributed by atoms with van der Waals surface area (Å²) in [6.45, 7) is 10.0. The molecule has 36 valence electrons. The molecular weight excluding hydrogens is 151 g/mol. The summed E-state index contributed by atoms with van der Waals surface area (Å²) in [6.07, 6.45) is 0. The Bertz CT molecular complexity index is 19.4. The van der Waals surface area contributed by atoms with Gasteiger partial charge in [-0.25, -0.2) is 0 Å². The summed E-state index contributed by atoms with van der Waals surface area (Å²) in [5, 5.41) is 0. The molecule has 0 N–H and O–H groups in total. The van der Waals surface area contributed by atoms with E-state index in [1.54, 1.807) is 0 Å². The molecular formula is C5H11Zr-. The van der Waals surface area contributed by atoms with Gasteiger partial charge in [0.1, 0.15) is 0 Å². The summed E-state index contributed by atoms with van der Waals surface area (Å²) >= 11 is 0. The van der Waals surface area contributed by atoms with Crippen LogP contribution in [0.3, 0.4) is 0 Å². The minimum absolute atomic E-state index is 0. The van der Waals surface area contributed by atoms with Crippen molar-refractivity contribution in [2.45, 2.75) is 20.8 Å². The van der Waals surface area contributed by atoms with Gasteiger partial charge in [-0.05, 0) is 0 Å². The Labute approximate surface area is 59.4 Å². The van der Waals surface area contributed by atoms with E-state index in [1.807, 2.05) is 0 Å². The van der Waals surface area contributed by atoms with Crippen molar-refractivity contribution >= 4 is 0 Å². The molecule has 0 aliphatic rings. The van der Waals surface area contributed by atoms with E-state index in [0.29, 0.717) is 0 Å². The third-order valence-electron chi connectivity index (χ3n) is 0. The van der Waals surface area contributed by atoms with E-state index in [9.17, 15) is 0 Å². The zero-order chi connectivity index (χ0) is 4.50. The molecule has 0 atom stereocenters. The smallest absolute Gasteiger partial charge is 0 e. The summed E-state index contributed by atoms with van der Waals surface area (Å²) < 4.78 is 0. The SMILES string of the molecule is [CH2-]C(C)(C)C.[Zr]. The molecule has 0 fully saturated rings. The van der Waals surface area contributed by atoms with Crippen molar-refractivity contribution in [2.75, 3.05) is 0 Å². The first-order chi connectivity index (χ1) is 2.00. The molecule has 0 spiro atoms. The first kappa shape index (κ1) is 9.99. The van der Waals surface area contributed by atoms with Gasteiger partial charge in [-0.1, -0.05) is 20.8 Å². The van der Waals surface area contributed by atoms with E-state index in [1.165, 1.54) is 0 Å². The van der Waals surface area contributed by atoms with Gasteiger partial charge in [0.2, 0.25) is 0 Å². The van der Waals surface area contributed by atoms with Crippen molar-refractivity contribution in [1.82, 2.24) is 0 Å². The molecule has 0 saturated heterocycles. The van der Waals surface area contributed by atoms with Crippen LogP contribution in [0.5, 0.6) is 0 Å². The van der Waals surface area contributed by atoms with Crippen LogP contribution in [0.15, 0.2) is 0 Å². The van der Waals surface area contributed by atoms with Gasteiger partial charge < -0.3 is 6.92 Å². The molecule has 1 heteroatoms. The third kappa shape index (κ3) is 94.4. The topological polar surface area (TPSA) is 0 Å². The number of hydrogen-bond donors (Lipinski definition) is 0. The molecule has 0 rings (SSSR count). The number of rotatable bonds is 0. The summed E-state index contributed by atoms with van der Waals surface area (Å²) in [5.41, 5.74) is 0.250. The normalized spacial score (nSPS) is 10.0. The Balaban J connectivity index is 0. The van der Waals surface area contributed by atoms with Gasteiger partial charge in [0.25, 0.3) is 0 Å². The van der Waals surface area contributed by atoms with Gasteiger partial charge in [0, 0.05) is 26.2 Å². The van der Waals surface area contributed by atoms with Gasteiger partial charge >= 0.3 is 0 Å². The first-order valence-electron chi connectivity index (χ1n) is 1.85. The third-order valence-corrected chi connectivity index (χ3v) is 0. The molecule has 0 heterocycles. The fourth-order valence-corrected chi connectivity index (χ4v) is 0. The van der Waals surface area contributed by atoms with Crippen LogP contribution in [0, 0.1) is 12.3 Å². The molecule has 0 nitrogen and oxygen atoms in total. The zero-order valence-electron chi connectivity index (χ0n) is 4.71. The van der Waals surface area contributed by atoms with E-state index < -0.39 is 0 Å². The van der Waals surface area contributed by atoms with Crippen LogP contribution < -0.4 is 0 Å². The second-order valence-electron chi connectivity index (χ2n) is 2.56. The Kier molecular flexibility index (Phi) is 4.93. The van der Waals surface area contributed by atoms with Crippen LogP contribution in [-0.4, -0.2) is 0 Å². The fraction of sp³-hybridized carbons (Fsp3) is 0.800. The van der Waals surface area contributed by atoms with Crippen LogP contribution in [0.25, 0.3) is 0 Å². The molecule has 0 unspecified atom stereocenters. The van der Waals surface area contributed by atoms with E-state index >= 15 is 0 Å². The quantitative estimate of drug-likeness (QED) is 0.477. The Morgan fingerprint density at radius 2 is 1.17 bits per heavy atom. The summed E-state index contributed by atoms with van der Waals surface area (Å²) in [4.78, 5) is 0. The largest absolute Gasteiger partial charge is 0.338 e. The molecule has 0 bridgehead atoms. The van der Waals surface area contributed by atoms with Crippen molar-refractivity contribution in [3.8, 4) is 0 Å². The maximum atomic E-state index is 3.77. The predicted octanol–water partition coefficient (Wildman–Crippen LogP) is 1.86. The maximum Gasteiger partial charge on any atom is 0 e. The van der Waals surface area contributed by atoms with Gasteiger partial charge in [-0.3, -0.25) is 0 Å². The summed E-state index contributed by atoms with van der Waals surface area (Å²) in [6, 6.07) is 0. The zero-order valence-corrected chi connectivity index (χ0v) is 7.17. The fourth-order valence-electron chi connectivity index (χ4n) is 0. The van der Waals surface area contributed by atoms with E-state index in [4.69, 9.17) is 0 Å². The molecule has 0 aliphatic heterocycles. The van der Waals surface area contributed by atoms with Crippen molar-refractivity contribution in [1.29, 1.82) is 0 Å². The van der Waals surface area contributed by atoms with Crippen LogP contribution in [0.2, 0.25) is 0 Å². The summed E-state index contributed by atoms with van der Waals surface area (Å²) in [7, 11) is 0. The minimum atomic E-state index is 0. The Hall–Kier alpha value is 0.883. The monoisotopic (exact) mass is 161 g/mol. The van der Waals surface area contributed by atoms with Crippen LogP contribution in [-0.2, 0) is 26.2 Å². The van der Waals surface area contributed by atoms with Gasteiger partial charge in [0.05, 0.1) is 0 Å². The summed E-state index contributed by atoms with van der Waals surface area (Å²) in [5.74, 6) is 0. The molecule has 0 aromatic heterocycles. The van der Waals surface area contributed by atoms with Crippen LogP contribution in [0.4, 0.5) is 0 Å². The second kappa shape index (κ2) is 2.96. The average molecular weight is 162 g/mol. The van der Waals surface area contributed by atoms with E-state index in [-0.39, 0.29) is 31.6 Å². The molecule has 0 radical (unpaired) electrons. The van der Waals surface area contributed by atoms with Crippen molar-refractivity contribution in [2.24, 2.45) is 5.41 Å². The van der Waals surface area contributed by atoms with Gasteiger partial charge in [-0.15, -0.1) is 0 Å². The minimum Gasteiger partial charge on any atom is -0.338 e. The predicted molar refractivity (Wildman–Crippen MR) is 24.8 cm³/mol. The van der Waals surface area contributed by atoms with Crippen LogP contribution in [0.1, 0.15) is 20.8 Å². The molecule has 0 aromatic rings. The number of hydrogen-bond acceptors (Lipinski definition) is 0. The van der Waals surface area contributed by atoms with E-state index in [2.05, 4.69) is 27.7 Å². The van der Waals surface area contributed by atoms with Crippen molar-refractivity contribution < 1.29 is 26.2 Å². The van der Waals surface area contributed by atoms with Crippen LogP contribution >= 0.6 is 0 Å². The van der Waals surface area contributed by atoms with Crippen molar-refractivity contribution in [3.05, 3.63) is 6.92 Å². The van der Waals surface area contributed by atoms with Gasteiger partial charge in [0.15, 0.2) is 0 Å². The standard InChI is InChI=1S/C5H11.Zr/c1-5(2,3)4;/h1H2,2-4H3;/q-1;. The van der Waals surface area contributed by atoms with Crippen molar-refractivity contribution in [3.63, 3.8) is 0 Å². The Morgan fingerprint density at radius 3 is 1.17 bits per heavy atom. The molecule has 0 aromatic carbocycles. The molecule has 0 aliphatic carbocycles. The second-order valence-corrected chi connectivity index (χ2v) is 2.56. The average Bonchev–Trinajstić information content (AvgIpc) is 0.722. The van der Waals surface area contributed by atoms with Gasteiger partial charge in [-0.2, -0.15) is 5.41 Å². The molecule has 6 heavy (non-hydrogen) atoms.